The number of ether oxygens (including phenoxy) is 3. The largest absolute Gasteiger partial charge is 0.493 e. The van der Waals surface area contributed by atoms with E-state index in [1.54, 1.807) is 18.2 Å². The predicted molar refractivity (Wildman–Crippen MR) is 112 cm³/mol. The first-order chi connectivity index (χ1) is 14.3. The van der Waals surface area contributed by atoms with Crippen molar-refractivity contribution in [1.82, 2.24) is 0 Å². The monoisotopic (exact) mass is 448 g/mol. The topological polar surface area (TPSA) is 100 Å². The van der Waals surface area contributed by atoms with Gasteiger partial charge in [0.15, 0.2) is 17.2 Å². The molecule has 0 fully saturated rings. The highest BCUT2D eigenvalue weighted by molar-refractivity contribution is 6.35. The molecule has 1 aliphatic heterocycles. The molecule has 0 atom stereocenters. The van der Waals surface area contributed by atoms with Crippen LogP contribution in [0.15, 0.2) is 53.7 Å². The maximum absolute atomic E-state index is 12.2. The summed E-state index contributed by atoms with van der Waals surface area (Å²) in [6.45, 7) is 3.82. The predicted octanol–water partition coefficient (Wildman–Crippen LogP) is 4.82. The molecule has 3 rings (SSSR count). The van der Waals surface area contributed by atoms with E-state index in [1.807, 2.05) is 0 Å². The maximum atomic E-state index is 12.2. The minimum absolute atomic E-state index is 0.00250. The highest BCUT2D eigenvalue weighted by Crippen LogP contribution is 2.37. The molecule has 1 heterocycles. The van der Waals surface area contributed by atoms with Gasteiger partial charge >= 0.3 is 5.97 Å². The maximum Gasteiger partial charge on any atom is 0.363 e. The van der Waals surface area contributed by atoms with Crippen LogP contribution in [0.3, 0.4) is 0 Å². The van der Waals surface area contributed by atoms with E-state index in [4.69, 9.17) is 37.4 Å². The molecule has 0 aromatic heterocycles. The number of cyclic esters (lactones) is 1. The number of carbonyl (C=O) groups is 1. The summed E-state index contributed by atoms with van der Waals surface area (Å²) < 4.78 is 16.0. The van der Waals surface area contributed by atoms with E-state index >= 15 is 0 Å². The number of methoxy groups -OCH3 is 1. The first-order valence-corrected chi connectivity index (χ1v) is 9.17. The molecular formula is C20H14Cl2N2O6. The van der Waals surface area contributed by atoms with Crippen LogP contribution in [0.5, 0.6) is 11.5 Å². The van der Waals surface area contributed by atoms with Crippen molar-refractivity contribution in [2.45, 2.75) is 0 Å². The second-order valence-corrected chi connectivity index (χ2v) is 6.71. The number of aliphatic imine (C=N–C) groups is 1. The van der Waals surface area contributed by atoms with E-state index in [9.17, 15) is 14.9 Å². The third-order valence-electron chi connectivity index (χ3n) is 3.92. The SMILES string of the molecule is C=CCOc1c(Cl)cc(/C=C2\N=C(c3ccc([N+](=O)[O-])cc3Cl)OC2=O)cc1OC. The fourth-order valence-electron chi connectivity index (χ4n) is 2.58. The third kappa shape index (κ3) is 4.45. The quantitative estimate of drug-likeness (QED) is 0.198. The number of carbonyl (C=O) groups excluding carboxylic acids is 1. The summed E-state index contributed by atoms with van der Waals surface area (Å²) in [7, 11) is 1.46. The first-order valence-electron chi connectivity index (χ1n) is 8.42. The molecule has 0 saturated carbocycles. The molecule has 1 aliphatic rings. The molecule has 0 saturated heterocycles. The second-order valence-electron chi connectivity index (χ2n) is 5.89. The van der Waals surface area contributed by atoms with Crippen molar-refractivity contribution >= 4 is 46.8 Å². The average molecular weight is 449 g/mol. The van der Waals surface area contributed by atoms with Gasteiger partial charge in [-0.2, -0.15) is 0 Å². The average Bonchev–Trinajstić information content (AvgIpc) is 3.06. The Balaban J connectivity index is 1.95. The summed E-state index contributed by atoms with van der Waals surface area (Å²) in [5.41, 5.74) is 0.583. The number of non-ortho nitro benzene ring substituents is 1. The zero-order valence-corrected chi connectivity index (χ0v) is 17.1. The van der Waals surface area contributed by atoms with Crippen LogP contribution in [0.4, 0.5) is 5.69 Å². The third-order valence-corrected chi connectivity index (χ3v) is 4.51. The molecule has 0 aliphatic carbocycles. The van der Waals surface area contributed by atoms with Crippen molar-refractivity contribution < 1.29 is 23.9 Å². The lowest BCUT2D eigenvalue weighted by Crippen LogP contribution is -2.06. The number of esters is 1. The second kappa shape index (κ2) is 8.98. The first kappa shape index (κ1) is 21.4. The lowest BCUT2D eigenvalue weighted by molar-refractivity contribution is -0.384. The molecule has 0 radical (unpaired) electrons. The van der Waals surface area contributed by atoms with Crippen molar-refractivity contribution in [1.29, 1.82) is 0 Å². The Morgan fingerprint density at radius 2 is 2.03 bits per heavy atom. The lowest BCUT2D eigenvalue weighted by atomic mass is 10.1. The minimum atomic E-state index is -0.707. The Hall–Kier alpha value is -3.36. The minimum Gasteiger partial charge on any atom is -0.493 e. The van der Waals surface area contributed by atoms with Crippen molar-refractivity contribution in [3.63, 3.8) is 0 Å². The van der Waals surface area contributed by atoms with Gasteiger partial charge in [0.05, 0.1) is 27.6 Å². The van der Waals surface area contributed by atoms with Gasteiger partial charge in [-0.15, -0.1) is 0 Å². The standard InChI is InChI=1S/C20H14Cl2N2O6/c1-3-6-29-18-15(22)7-11(9-17(18)28-2)8-16-20(25)30-19(23-16)13-5-4-12(24(26)27)10-14(13)21/h3-5,7-10H,1,6H2,2H3/b16-8-. The Labute approximate surface area is 181 Å². The van der Waals surface area contributed by atoms with E-state index in [0.717, 1.165) is 6.07 Å². The van der Waals surface area contributed by atoms with Crippen molar-refractivity contribution in [2.75, 3.05) is 13.7 Å². The van der Waals surface area contributed by atoms with Crippen molar-refractivity contribution in [2.24, 2.45) is 4.99 Å². The molecular weight excluding hydrogens is 435 g/mol. The summed E-state index contributed by atoms with van der Waals surface area (Å²) in [6, 6.07) is 6.96. The molecule has 30 heavy (non-hydrogen) atoms. The fourth-order valence-corrected chi connectivity index (χ4v) is 3.11. The van der Waals surface area contributed by atoms with Gasteiger partial charge in [-0.25, -0.2) is 9.79 Å². The summed E-state index contributed by atoms with van der Waals surface area (Å²) in [4.78, 5) is 26.7. The Kier molecular flexibility index (Phi) is 6.39. The van der Waals surface area contributed by atoms with Crippen LogP contribution in [-0.2, 0) is 9.53 Å². The van der Waals surface area contributed by atoms with E-state index in [-0.39, 0.29) is 39.5 Å². The number of nitro benzene ring substituents is 1. The van der Waals surface area contributed by atoms with Crippen LogP contribution >= 0.6 is 23.2 Å². The number of halogens is 2. The number of hydrogen-bond acceptors (Lipinski definition) is 7. The van der Waals surface area contributed by atoms with Gasteiger partial charge in [0.2, 0.25) is 5.90 Å². The number of rotatable bonds is 7. The number of nitro groups is 1. The summed E-state index contributed by atoms with van der Waals surface area (Å²) in [5.74, 6) is -0.0566. The van der Waals surface area contributed by atoms with Crippen LogP contribution in [0.1, 0.15) is 11.1 Å². The van der Waals surface area contributed by atoms with Crippen LogP contribution in [0.25, 0.3) is 6.08 Å². The lowest BCUT2D eigenvalue weighted by Gasteiger charge is -2.12. The molecule has 0 spiro atoms. The van der Waals surface area contributed by atoms with Gasteiger partial charge < -0.3 is 14.2 Å². The molecule has 0 bridgehead atoms. The van der Waals surface area contributed by atoms with Crippen LogP contribution in [0.2, 0.25) is 10.0 Å². The molecule has 8 nitrogen and oxygen atoms in total. The van der Waals surface area contributed by atoms with Gasteiger partial charge in [-0.3, -0.25) is 10.1 Å². The summed E-state index contributed by atoms with van der Waals surface area (Å²) in [5, 5.41) is 11.2. The molecule has 10 heteroatoms. The van der Waals surface area contributed by atoms with Crippen molar-refractivity contribution in [3.05, 3.63) is 80.0 Å². The molecule has 0 amide bonds. The number of benzene rings is 2. The van der Waals surface area contributed by atoms with E-state index in [2.05, 4.69) is 11.6 Å². The van der Waals surface area contributed by atoms with Crippen molar-refractivity contribution in [3.8, 4) is 11.5 Å². The molecule has 2 aromatic carbocycles. The molecule has 154 valence electrons. The fraction of sp³-hybridized carbons (Fsp3) is 0.100. The Morgan fingerprint density at radius 1 is 1.27 bits per heavy atom. The number of nitrogens with zero attached hydrogens (tertiary/aromatic N) is 2. The summed E-state index contributed by atoms with van der Waals surface area (Å²) >= 11 is 12.3. The summed E-state index contributed by atoms with van der Waals surface area (Å²) in [6.07, 6.45) is 3.03. The van der Waals surface area contributed by atoms with Gasteiger partial charge in [0.25, 0.3) is 5.69 Å². The van der Waals surface area contributed by atoms with Gasteiger partial charge in [0, 0.05) is 12.1 Å². The highest BCUT2D eigenvalue weighted by Gasteiger charge is 2.27. The van der Waals surface area contributed by atoms with E-state index in [1.165, 1.54) is 25.3 Å². The van der Waals surface area contributed by atoms with E-state index in [0.29, 0.717) is 17.1 Å². The number of hydrogen-bond donors (Lipinski definition) is 0. The van der Waals surface area contributed by atoms with Gasteiger partial charge in [-0.05, 0) is 29.8 Å². The van der Waals surface area contributed by atoms with Crippen LogP contribution < -0.4 is 9.47 Å². The van der Waals surface area contributed by atoms with Crippen LogP contribution in [-0.4, -0.2) is 30.5 Å². The molecule has 2 aromatic rings. The Morgan fingerprint density at radius 3 is 2.67 bits per heavy atom. The zero-order valence-electron chi connectivity index (χ0n) is 15.6. The van der Waals surface area contributed by atoms with E-state index < -0.39 is 10.9 Å². The molecule has 0 unspecified atom stereocenters. The normalized spacial score (nSPS) is 14.3. The zero-order chi connectivity index (χ0) is 21.8. The van der Waals surface area contributed by atoms with Crippen LogP contribution in [0, 0.1) is 10.1 Å². The Bertz CT molecular complexity index is 1110. The van der Waals surface area contributed by atoms with Gasteiger partial charge in [-0.1, -0.05) is 35.9 Å². The van der Waals surface area contributed by atoms with Gasteiger partial charge in [0.1, 0.15) is 6.61 Å². The smallest absolute Gasteiger partial charge is 0.363 e. The molecule has 0 N–H and O–H groups in total. The highest BCUT2D eigenvalue weighted by atomic mass is 35.5.